The van der Waals surface area contributed by atoms with E-state index in [2.05, 4.69) is 20.8 Å². The molecule has 0 amide bonds. The van der Waals surface area contributed by atoms with Gasteiger partial charge >= 0.3 is 5.97 Å². The van der Waals surface area contributed by atoms with Crippen LogP contribution < -0.4 is 5.73 Å². The molecule has 0 aromatic carbocycles. The van der Waals surface area contributed by atoms with E-state index in [-0.39, 0.29) is 16.7 Å². The summed E-state index contributed by atoms with van der Waals surface area (Å²) in [5, 5.41) is 19.1. The maximum Gasteiger partial charge on any atom is 0.320 e. The molecule has 3 fully saturated rings. The molecule has 4 aliphatic rings. The van der Waals surface area contributed by atoms with E-state index < -0.39 is 17.6 Å². The number of carbonyl (C=O) groups excluding carboxylic acids is 1. The fraction of sp³-hybridized carbons (Fsp3) is 0.840. The van der Waals surface area contributed by atoms with Gasteiger partial charge in [0.05, 0.1) is 5.60 Å². The summed E-state index contributed by atoms with van der Waals surface area (Å²) in [7, 11) is 0. The van der Waals surface area contributed by atoms with Crippen LogP contribution in [-0.4, -0.2) is 33.6 Å². The summed E-state index contributed by atoms with van der Waals surface area (Å²) >= 11 is 0. The lowest BCUT2D eigenvalue weighted by molar-refractivity contribution is -0.139. The maximum absolute atomic E-state index is 11.8. The van der Waals surface area contributed by atoms with Crippen molar-refractivity contribution in [1.82, 2.24) is 0 Å². The molecule has 30 heavy (non-hydrogen) atoms. The molecule has 4 N–H and O–H groups in total. The Bertz CT molecular complexity index is 727. The molecule has 0 bridgehead atoms. The molecule has 0 aromatic rings. The van der Waals surface area contributed by atoms with Crippen molar-refractivity contribution in [2.75, 3.05) is 0 Å². The van der Waals surface area contributed by atoms with Crippen molar-refractivity contribution in [2.24, 2.45) is 40.2 Å². The van der Waals surface area contributed by atoms with E-state index in [4.69, 9.17) is 10.8 Å². The molecule has 0 radical (unpaired) electrons. The smallest absolute Gasteiger partial charge is 0.320 e. The molecule has 4 aliphatic carbocycles. The van der Waals surface area contributed by atoms with Gasteiger partial charge in [-0.05, 0) is 92.4 Å². The fourth-order valence-corrected chi connectivity index (χ4v) is 7.09. The monoisotopic (exact) mass is 419 g/mol. The fourth-order valence-electron chi connectivity index (χ4n) is 7.09. The number of hydrogen-bond donors (Lipinski definition) is 3. The first-order valence-corrected chi connectivity index (χ1v) is 11.8. The molecule has 0 aromatic heterocycles. The first-order valence-electron chi connectivity index (χ1n) is 11.8. The van der Waals surface area contributed by atoms with Gasteiger partial charge in [-0.1, -0.05) is 33.3 Å². The van der Waals surface area contributed by atoms with Gasteiger partial charge in [0, 0.05) is 6.42 Å². The zero-order valence-corrected chi connectivity index (χ0v) is 19.4. The van der Waals surface area contributed by atoms with Gasteiger partial charge < -0.3 is 15.9 Å². The van der Waals surface area contributed by atoms with Gasteiger partial charge in [-0.15, -0.1) is 0 Å². The van der Waals surface area contributed by atoms with Gasteiger partial charge in [-0.25, -0.2) is 0 Å². The van der Waals surface area contributed by atoms with E-state index in [0.717, 1.165) is 43.9 Å². The summed E-state index contributed by atoms with van der Waals surface area (Å²) in [6, 6.07) is -0.713. The molecular formula is C25H41NO4. The second-order valence-corrected chi connectivity index (χ2v) is 11.3. The maximum atomic E-state index is 11.8. The lowest BCUT2D eigenvalue weighted by Gasteiger charge is -2.58. The number of carboxylic acid groups (broad SMARTS) is 1. The number of rotatable bonds is 2. The summed E-state index contributed by atoms with van der Waals surface area (Å²) in [5.41, 5.74) is 6.48. The van der Waals surface area contributed by atoms with Gasteiger partial charge in [0.25, 0.3) is 0 Å². The second kappa shape index (κ2) is 8.05. The number of hydrogen-bond acceptors (Lipinski definition) is 4. The highest BCUT2D eigenvalue weighted by Gasteiger charge is 2.62. The number of ketones is 1. The Balaban J connectivity index is 0.000000275. The van der Waals surface area contributed by atoms with E-state index in [1.165, 1.54) is 24.8 Å². The molecule has 0 aliphatic heterocycles. The van der Waals surface area contributed by atoms with Crippen molar-refractivity contribution in [3.05, 3.63) is 11.6 Å². The van der Waals surface area contributed by atoms with Crippen LogP contribution in [0.1, 0.15) is 86.0 Å². The number of aliphatic carboxylic acids is 1. The predicted octanol–water partition coefficient (Wildman–Crippen LogP) is 4.32. The largest absolute Gasteiger partial charge is 0.480 e. The summed E-state index contributed by atoms with van der Waals surface area (Å²) in [5.74, 6) is 1.59. The van der Waals surface area contributed by atoms with E-state index in [9.17, 15) is 14.7 Å². The lowest BCUT2D eigenvalue weighted by Crippen LogP contribution is -2.53. The molecular weight excluding hydrogens is 378 g/mol. The Morgan fingerprint density at radius 2 is 1.70 bits per heavy atom. The van der Waals surface area contributed by atoms with Crippen molar-refractivity contribution in [3.63, 3.8) is 0 Å². The van der Waals surface area contributed by atoms with Crippen LogP contribution >= 0.6 is 0 Å². The molecule has 5 heteroatoms. The van der Waals surface area contributed by atoms with Crippen molar-refractivity contribution >= 4 is 11.8 Å². The summed E-state index contributed by atoms with van der Waals surface area (Å²) in [6.45, 7) is 10.4. The van der Waals surface area contributed by atoms with Crippen LogP contribution in [0, 0.1) is 34.5 Å². The normalized spacial score (nSPS) is 43.5. The van der Waals surface area contributed by atoms with Crippen molar-refractivity contribution in [2.45, 2.75) is 97.6 Å². The van der Waals surface area contributed by atoms with Crippen LogP contribution in [0.5, 0.6) is 0 Å². The third-order valence-electron chi connectivity index (χ3n) is 9.53. The van der Waals surface area contributed by atoms with E-state index in [1.807, 2.05) is 6.08 Å². The van der Waals surface area contributed by atoms with Crippen molar-refractivity contribution in [3.8, 4) is 0 Å². The third kappa shape index (κ3) is 3.77. The Labute approximate surface area is 181 Å². The Morgan fingerprint density at radius 1 is 1.07 bits per heavy atom. The zero-order chi connectivity index (χ0) is 22.5. The lowest BCUT2D eigenvalue weighted by atomic mass is 9.46. The van der Waals surface area contributed by atoms with Crippen LogP contribution in [0.15, 0.2) is 11.6 Å². The van der Waals surface area contributed by atoms with Gasteiger partial charge in [0.2, 0.25) is 0 Å². The van der Waals surface area contributed by atoms with E-state index in [0.29, 0.717) is 11.7 Å². The first-order chi connectivity index (χ1) is 13.8. The SMILES string of the molecule is CC(C)[C@H](N)C(=O)O.C[C@]12CCC(=O)C=C1CC[C@@H]1[C@@H]2CC[C@@]2(C)[C@H]1CC[C@]2(C)O. The number of aliphatic hydroxyl groups is 1. The molecule has 3 saturated carbocycles. The van der Waals surface area contributed by atoms with E-state index in [1.54, 1.807) is 13.8 Å². The van der Waals surface area contributed by atoms with Crippen LogP contribution in [0.25, 0.3) is 0 Å². The highest BCUT2D eigenvalue weighted by atomic mass is 16.4. The van der Waals surface area contributed by atoms with Crippen LogP contribution in [-0.2, 0) is 9.59 Å². The average Bonchev–Trinajstić information content (AvgIpc) is 2.91. The Kier molecular flexibility index (Phi) is 6.30. The van der Waals surface area contributed by atoms with Gasteiger partial charge in [0.15, 0.2) is 5.78 Å². The summed E-state index contributed by atoms with van der Waals surface area (Å²) in [6.07, 6.45) is 10.7. The number of carbonyl (C=O) groups is 2. The molecule has 5 nitrogen and oxygen atoms in total. The average molecular weight is 420 g/mol. The van der Waals surface area contributed by atoms with Gasteiger partial charge in [0.1, 0.15) is 6.04 Å². The zero-order valence-electron chi connectivity index (χ0n) is 19.4. The molecule has 0 heterocycles. The highest BCUT2D eigenvalue weighted by molar-refractivity contribution is 5.91. The number of nitrogens with two attached hydrogens (primary N) is 1. The summed E-state index contributed by atoms with van der Waals surface area (Å²) in [4.78, 5) is 21.8. The van der Waals surface area contributed by atoms with Gasteiger partial charge in [-0.2, -0.15) is 0 Å². The van der Waals surface area contributed by atoms with E-state index >= 15 is 0 Å². The molecule has 0 saturated heterocycles. The minimum atomic E-state index is -0.931. The van der Waals surface area contributed by atoms with Crippen LogP contribution in [0.4, 0.5) is 0 Å². The number of allylic oxidation sites excluding steroid dienone is 1. The molecule has 0 spiro atoms. The van der Waals surface area contributed by atoms with Crippen LogP contribution in [0.3, 0.4) is 0 Å². The van der Waals surface area contributed by atoms with Gasteiger partial charge in [-0.3, -0.25) is 9.59 Å². The third-order valence-corrected chi connectivity index (χ3v) is 9.53. The Morgan fingerprint density at radius 3 is 2.27 bits per heavy atom. The molecule has 4 rings (SSSR count). The summed E-state index contributed by atoms with van der Waals surface area (Å²) < 4.78 is 0. The molecule has 7 atom stereocenters. The Hall–Kier alpha value is -1.20. The molecule has 0 unspecified atom stereocenters. The van der Waals surface area contributed by atoms with Crippen molar-refractivity contribution < 1.29 is 19.8 Å². The number of carboxylic acids is 1. The standard InChI is InChI=1S/C20H30O2.C5H11NO2/c1-18-9-6-14(21)12-13(18)4-5-15-16(18)7-10-19(2)17(15)8-11-20(19,3)22;1-3(2)4(6)5(7)8/h12,15-17,22H,4-11H2,1-3H3;3-4H,6H2,1-2H3,(H,7,8)/t15-,16+,17+,18+,19+,20+;4-/m10/s1. The first kappa shape index (κ1) is 23.5. The van der Waals surface area contributed by atoms with Crippen molar-refractivity contribution in [1.29, 1.82) is 0 Å². The minimum absolute atomic E-state index is 0.0208. The highest BCUT2D eigenvalue weighted by Crippen LogP contribution is 2.67. The molecule has 170 valence electrons. The topological polar surface area (TPSA) is 101 Å². The second-order valence-electron chi connectivity index (χ2n) is 11.3. The number of fused-ring (bicyclic) bond motifs is 5. The quantitative estimate of drug-likeness (QED) is 0.619. The minimum Gasteiger partial charge on any atom is -0.480 e. The van der Waals surface area contributed by atoms with Crippen LogP contribution in [0.2, 0.25) is 0 Å². The predicted molar refractivity (Wildman–Crippen MR) is 118 cm³/mol.